The first-order chi connectivity index (χ1) is 6.17. The maximum Gasteiger partial charge on any atom is 0.220 e. The van der Waals surface area contributed by atoms with Gasteiger partial charge >= 0.3 is 0 Å². The van der Waals surface area contributed by atoms with Crippen LogP contribution in [0.25, 0.3) is 0 Å². The molecule has 1 aromatic heterocycles. The Morgan fingerprint density at radius 2 is 1.77 bits per heavy atom. The molecule has 13 heavy (non-hydrogen) atoms. The van der Waals surface area contributed by atoms with Crippen LogP contribution in [0.1, 0.15) is 5.82 Å². The SMILES string of the molecule is COc1cc(OC)nc(C(=N)N)n1. The van der Waals surface area contributed by atoms with Gasteiger partial charge < -0.3 is 15.2 Å². The molecule has 0 unspecified atom stereocenters. The topological polar surface area (TPSA) is 94.1 Å². The highest BCUT2D eigenvalue weighted by Gasteiger charge is 2.06. The van der Waals surface area contributed by atoms with Crippen LogP contribution in [0.5, 0.6) is 11.8 Å². The number of amidine groups is 1. The van der Waals surface area contributed by atoms with Gasteiger partial charge in [-0.15, -0.1) is 0 Å². The summed E-state index contributed by atoms with van der Waals surface area (Å²) in [6.07, 6.45) is 0. The van der Waals surface area contributed by atoms with Crippen molar-refractivity contribution in [3.8, 4) is 11.8 Å². The molecule has 0 saturated carbocycles. The first-order valence-electron chi connectivity index (χ1n) is 3.49. The molecular formula is C7H10N4O2. The van der Waals surface area contributed by atoms with E-state index in [0.29, 0.717) is 11.8 Å². The van der Waals surface area contributed by atoms with Gasteiger partial charge in [0.2, 0.25) is 17.6 Å². The van der Waals surface area contributed by atoms with Crippen molar-refractivity contribution in [1.29, 1.82) is 5.41 Å². The van der Waals surface area contributed by atoms with Crippen molar-refractivity contribution in [1.82, 2.24) is 9.97 Å². The molecule has 0 spiro atoms. The summed E-state index contributed by atoms with van der Waals surface area (Å²) in [7, 11) is 2.93. The van der Waals surface area contributed by atoms with Crippen LogP contribution in [-0.2, 0) is 0 Å². The number of nitrogens with two attached hydrogens (primary N) is 1. The van der Waals surface area contributed by atoms with E-state index < -0.39 is 0 Å². The summed E-state index contributed by atoms with van der Waals surface area (Å²) in [6.45, 7) is 0. The first kappa shape index (κ1) is 9.24. The van der Waals surface area contributed by atoms with Gasteiger partial charge in [0.05, 0.1) is 20.3 Å². The molecule has 3 N–H and O–H groups in total. The third-order valence-corrected chi connectivity index (χ3v) is 1.34. The third kappa shape index (κ3) is 2.05. The molecule has 0 radical (unpaired) electrons. The second kappa shape index (κ2) is 3.70. The Labute approximate surface area is 75.2 Å². The second-order valence-corrected chi connectivity index (χ2v) is 2.19. The molecule has 70 valence electrons. The Balaban J connectivity index is 3.14. The quantitative estimate of drug-likeness (QED) is 0.497. The summed E-state index contributed by atoms with van der Waals surface area (Å²) in [6, 6.07) is 1.51. The zero-order valence-corrected chi connectivity index (χ0v) is 7.37. The highest BCUT2D eigenvalue weighted by atomic mass is 16.5. The fourth-order valence-electron chi connectivity index (χ4n) is 0.734. The lowest BCUT2D eigenvalue weighted by Gasteiger charge is -2.04. The van der Waals surface area contributed by atoms with Crippen molar-refractivity contribution >= 4 is 5.84 Å². The lowest BCUT2D eigenvalue weighted by molar-refractivity contribution is 0.371. The number of aromatic nitrogens is 2. The number of nitrogen functional groups attached to an aromatic ring is 1. The fraction of sp³-hybridized carbons (Fsp3) is 0.286. The number of rotatable bonds is 3. The van der Waals surface area contributed by atoms with Gasteiger partial charge in [-0.05, 0) is 0 Å². The van der Waals surface area contributed by atoms with E-state index in [1.807, 2.05) is 0 Å². The van der Waals surface area contributed by atoms with Crippen LogP contribution in [0.4, 0.5) is 0 Å². The van der Waals surface area contributed by atoms with E-state index in [1.54, 1.807) is 0 Å². The van der Waals surface area contributed by atoms with Crippen LogP contribution < -0.4 is 15.2 Å². The summed E-state index contributed by atoms with van der Waals surface area (Å²) < 4.78 is 9.73. The molecule has 6 nitrogen and oxygen atoms in total. The van der Waals surface area contributed by atoms with Crippen LogP contribution in [0.15, 0.2) is 6.07 Å². The maximum absolute atomic E-state index is 7.12. The Morgan fingerprint density at radius 1 is 1.31 bits per heavy atom. The van der Waals surface area contributed by atoms with Gasteiger partial charge in [-0.1, -0.05) is 0 Å². The number of methoxy groups -OCH3 is 2. The molecule has 0 atom stereocenters. The van der Waals surface area contributed by atoms with E-state index in [0.717, 1.165) is 0 Å². The van der Waals surface area contributed by atoms with Crippen molar-refractivity contribution in [3.05, 3.63) is 11.9 Å². The summed E-state index contributed by atoms with van der Waals surface area (Å²) in [4.78, 5) is 7.67. The van der Waals surface area contributed by atoms with E-state index in [2.05, 4.69) is 9.97 Å². The normalized spacial score (nSPS) is 9.38. The highest BCUT2D eigenvalue weighted by Crippen LogP contribution is 2.13. The van der Waals surface area contributed by atoms with Crippen molar-refractivity contribution in [2.45, 2.75) is 0 Å². The van der Waals surface area contributed by atoms with Crippen molar-refractivity contribution in [3.63, 3.8) is 0 Å². The van der Waals surface area contributed by atoms with Crippen molar-refractivity contribution in [2.24, 2.45) is 5.73 Å². The van der Waals surface area contributed by atoms with Crippen LogP contribution in [0, 0.1) is 5.41 Å². The molecule has 0 bridgehead atoms. The van der Waals surface area contributed by atoms with E-state index in [-0.39, 0.29) is 11.7 Å². The predicted octanol–water partition coefficient (Wildman–Crippen LogP) is -0.222. The number of hydrogen-bond acceptors (Lipinski definition) is 5. The van der Waals surface area contributed by atoms with Crippen molar-refractivity contribution in [2.75, 3.05) is 14.2 Å². The molecular weight excluding hydrogens is 172 g/mol. The van der Waals surface area contributed by atoms with Gasteiger partial charge in [-0.3, -0.25) is 5.41 Å². The Bertz CT molecular complexity index is 304. The zero-order chi connectivity index (χ0) is 9.84. The van der Waals surface area contributed by atoms with Gasteiger partial charge in [-0.2, -0.15) is 9.97 Å². The summed E-state index contributed by atoms with van der Waals surface area (Å²) >= 11 is 0. The monoisotopic (exact) mass is 182 g/mol. The standard InChI is InChI=1S/C7H10N4O2/c1-12-4-3-5(13-2)11-7(10-4)6(8)9/h3H,1-2H3,(H3,8,9). The van der Waals surface area contributed by atoms with Crippen LogP contribution in [-0.4, -0.2) is 30.0 Å². The first-order valence-corrected chi connectivity index (χ1v) is 3.49. The Hall–Kier alpha value is -1.85. The Kier molecular flexibility index (Phi) is 2.63. The van der Waals surface area contributed by atoms with Crippen molar-refractivity contribution < 1.29 is 9.47 Å². The lowest BCUT2D eigenvalue weighted by atomic mass is 10.5. The minimum Gasteiger partial charge on any atom is -0.481 e. The molecule has 1 heterocycles. The summed E-state index contributed by atoms with van der Waals surface area (Å²) in [5, 5.41) is 7.12. The molecule has 0 amide bonds. The molecule has 0 aliphatic rings. The molecule has 0 aliphatic carbocycles. The number of ether oxygens (including phenoxy) is 2. The number of hydrogen-bond donors (Lipinski definition) is 2. The number of nitrogens with one attached hydrogen (secondary N) is 1. The highest BCUT2D eigenvalue weighted by molar-refractivity contribution is 5.91. The molecule has 0 aromatic carbocycles. The average molecular weight is 182 g/mol. The predicted molar refractivity (Wildman–Crippen MR) is 46.2 cm³/mol. The number of nitrogens with zero attached hydrogens (tertiary/aromatic N) is 2. The molecule has 6 heteroatoms. The molecule has 0 aliphatic heterocycles. The Morgan fingerprint density at radius 3 is 2.08 bits per heavy atom. The molecule has 1 aromatic rings. The fourth-order valence-corrected chi connectivity index (χ4v) is 0.734. The van der Waals surface area contributed by atoms with Gasteiger partial charge in [0.25, 0.3) is 0 Å². The van der Waals surface area contributed by atoms with Crippen LogP contribution in [0.2, 0.25) is 0 Å². The minimum atomic E-state index is -0.225. The summed E-state index contributed by atoms with van der Waals surface area (Å²) in [5.41, 5.74) is 5.21. The average Bonchev–Trinajstić information content (AvgIpc) is 2.16. The smallest absolute Gasteiger partial charge is 0.220 e. The molecule has 1 rings (SSSR count). The van der Waals surface area contributed by atoms with E-state index in [4.69, 9.17) is 20.6 Å². The van der Waals surface area contributed by atoms with E-state index >= 15 is 0 Å². The zero-order valence-electron chi connectivity index (χ0n) is 7.37. The van der Waals surface area contributed by atoms with E-state index in [9.17, 15) is 0 Å². The summed E-state index contributed by atoms with van der Waals surface area (Å²) in [5.74, 6) is 0.502. The van der Waals surface area contributed by atoms with Gasteiger partial charge in [0.1, 0.15) is 0 Å². The van der Waals surface area contributed by atoms with Crippen LogP contribution >= 0.6 is 0 Å². The largest absolute Gasteiger partial charge is 0.481 e. The molecule has 0 saturated heterocycles. The van der Waals surface area contributed by atoms with E-state index in [1.165, 1.54) is 20.3 Å². The van der Waals surface area contributed by atoms with Crippen LogP contribution in [0.3, 0.4) is 0 Å². The van der Waals surface area contributed by atoms with Gasteiger partial charge in [0.15, 0.2) is 5.84 Å². The third-order valence-electron chi connectivity index (χ3n) is 1.34. The van der Waals surface area contributed by atoms with Gasteiger partial charge in [-0.25, -0.2) is 0 Å². The second-order valence-electron chi connectivity index (χ2n) is 2.19. The maximum atomic E-state index is 7.12. The minimum absolute atomic E-state index is 0.0937. The lowest BCUT2D eigenvalue weighted by Crippen LogP contribution is -2.16. The van der Waals surface area contributed by atoms with Gasteiger partial charge in [0, 0.05) is 0 Å². The molecule has 0 fully saturated rings.